The number of hydrogen-bond donors (Lipinski definition) is 2. The van der Waals surface area contributed by atoms with Gasteiger partial charge in [0.15, 0.2) is 0 Å². The number of para-hydroxylation sites is 1. The monoisotopic (exact) mass is 359 g/mol. The lowest BCUT2D eigenvalue weighted by Gasteiger charge is -2.09. The molecule has 0 atom stereocenters. The van der Waals surface area contributed by atoms with Crippen LogP contribution in [-0.2, 0) is 0 Å². The lowest BCUT2D eigenvalue weighted by molar-refractivity contribution is 0.102. The number of anilines is 1. The molecule has 0 fully saturated rings. The third-order valence-corrected chi connectivity index (χ3v) is 3.71. The highest BCUT2D eigenvalue weighted by Gasteiger charge is 2.12. The van der Waals surface area contributed by atoms with Crippen LogP contribution in [0.5, 0.6) is 5.75 Å². The normalized spacial score (nSPS) is 10.3. The number of phenols is 1. The highest BCUT2D eigenvalue weighted by molar-refractivity contribution is 9.10. The fraction of sp³-hybridized carbons (Fsp3) is 0. The molecule has 0 heterocycles. The lowest BCUT2D eigenvalue weighted by Crippen LogP contribution is -2.12. The molecule has 0 radical (unpaired) electrons. The highest BCUT2D eigenvalue weighted by atomic mass is 79.9. The van der Waals surface area contributed by atoms with Crippen LogP contribution in [0, 0.1) is 0 Å². The summed E-state index contributed by atoms with van der Waals surface area (Å²) in [6.07, 6.45) is 0. The lowest BCUT2D eigenvalue weighted by atomic mass is 10.2. The van der Waals surface area contributed by atoms with Gasteiger partial charge in [-0.2, -0.15) is 0 Å². The molecule has 0 aliphatic rings. The Hall–Kier alpha value is -1.23. The molecule has 0 saturated carbocycles. The van der Waals surface area contributed by atoms with E-state index in [-0.39, 0.29) is 5.75 Å². The molecule has 2 rings (SSSR count). The van der Waals surface area contributed by atoms with Gasteiger partial charge in [-0.3, -0.25) is 4.79 Å². The summed E-state index contributed by atoms with van der Waals surface area (Å²) in [6.45, 7) is 0. The molecule has 3 nitrogen and oxygen atoms in total. The third-order valence-electron chi connectivity index (χ3n) is 2.41. The number of hydrogen-bond acceptors (Lipinski definition) is 2. The highest BCUT2D eigenvalue weighted by Crippen LogP contribution is 2.31. The van der Waals surface area contributed by atoms with Crippen LogP contribution in [0.2, 0.25) is 10.0 Å². The summed E-state index contributed by atoms with van der Waals surface area (Å²) in [5.74, 6) is -0.421. The van der Waals surface area contributed by atoms with E-state index in [1.807, 2.05) is 0 Å². The van der Waals surface area contributed by atoms with Crippen LogP contribution in [0.15, 0.2) is 40.9 Å². The van der Waals surface area contributed by atoms with Crippen molar-refractivity contribution in [2.45, 2.75) is 0 Å². The van der Waals surface area contributed by atoms with Crippen LogP contribution in [-0.4, -0.2) is 11.0 Å². The van der Waals surface area contributed by atoms with Crippen LogP contribution in [0.1, 0.15) is 10.4 Å². The maximum atomic E-state index is 12.0. The van der Waals surface area contributed by atoms with E-state index < -0.39 is 5.91 Å². The maximum Gasteiger partial charge on any atom is 0.255 e. The van der Waals surface area contributed by atoms with E-state index in [4.69, 9.17) is 23.2 Å². The number of carbonyl (C=O) groups is 1. The Bertz CT molecular complexity index is 626. The zero-order chi connectivity index (χ0) is 14.0. The first-order valence-corrected chi connectivity index (χ1v) is 6.78. The van der Waals surface area contributed by atoms with Crippen LogP contribution >= 0.6 is 39.1 Å². The maximum absolute atomic E-state index is 12.0. The number of halogens is 3. The average molecular weight is 361 g/mol. The summed E-state index contributed by atoms with van der Waals surface area (Å²) in [5, 5.41) is 12.9. The topological polar surface area (TPSA) is 49.3 Å². The van der Waals surface area contributed by atoms with Crippen molar-refractivity contribution in [3.05, 3.63) is 56.5 Å². The molecule has 0 bridgehead atoms. The molecule has 2 N–H and O–H groups in total. The summed E-state index contributed by atoms with van der Waals surface area (Å²) >= 11 is 15.1. The Morgan fingerprint density at radius 3 is 2.37 bits per heavy atom. The molecule has 19 heavy (non-hydrogen) atoms. The second-order valence-corrected chi connectivity index (χ2v) is 5.39. The summed E-state index contributed by atoms with van der Waals surface area (Å²) in [7, 11) is 0. The van der Waals surface area contributed by atoms with Crippen molar-refractivity contribution in [3.8, 4) is 5.75 Å². The Labute approximate surface area is 128 Å². The first-order valence-electron chi connectivity index (χ1n) is 5.23. The van der Waals surface area contributed by atoms with Gasteiger partial charge in [-0.05, 0) is 46.3 Å². The Morgan fingerprint density at radius 1 is 1.16 bits per heavy atom. The molecule has 1 amide bonds. The zero-order valence-corrected chi connectivity index (χ0v) is 12.6. The summed E-state index contributed by atoms with van der Waals surface area (Å²) in [6, 6.07) is 9.45. The van der Waals surface area contributed by atoms with E-state index in [2.05, 4.69) is 21.2 Å². The number of benzene rings is 2. The van der Waals surface area contributed by atoms with Crippen molar-refractivity contribution in [2.24, 2.45) is 0 Å². The van der Waals surface area contributed by atoms with Gasteiger partial charge in [-0.25, -0.2) is 0 Å². The molecule has 0 aromatic heterocycles. The first-order chi connectivity index (χ1) is 8.99. The van der Waals surface area contributed by atoms with Crippen LogP contribution in [0.25, 0.3) is 0 Å². The minimum absolute atomic E-state index is 0.0158. The van der Waals surface area contributed by atoms with Gasteiger partial charge in [-0.1, -0.05) is 29.3 Å². The van der Waals surface area contributed by atoms with E-state index >= 15 is 0 Å². The number of nitrogens with one attached hydrogen (secondary N) is 1. The Balaban J connectivity index is 2.28. The predicted octanol–water partition coefficient (Wildman–Crippen LogP) is 4.71. The second kappa shape index (κ2) is 5.82. The van der Waals surface area contributed by atoms with Gasteiger partial charge < -0.3 is 10.4 Å². The summed E-state index contributed by atoms with van der Waals surface area (Å²) in [5.41, 5.74) is 0.648. The zero-order valence-electron chi connectivity index (χ0n) is 9.45. The molecular formula is C13H8BrCl2NO2. The average Bonchev–Trinajstić information content (AvgIpc) is 2.37. The quantitative estimate of drug-likeness (QED) is 0.814. The fourth-order valence-corrected chi connectivity index (χ4v) is 2.20. The minimum atomic E-state index is -0.405. The SMILES string of the molecule is O=C(Nc1c(Cl)cccc1Cl)c1ccc(Br)c(O)c1. The number of amides is 1. The van der Waals surface area contributed by atoms with E-state index in [1.165, 1.54) is 6.07 Å². The van der Waals surface area contributed by atoms with Gasteiger partial charge in [0.1, 0.15) is 5.75 Å². The van der Waals surface area contributed by atoms with Gasteiger partial charge in [0.05, 0.1) is 20.2 Å². The van der Waals surface area contributed by atoms with E-state index in [0.29, 0.717) is 25.8 Å². The van der Waals surface area contributed by atoms with E-state index in [1.54, 1.807) is 30.3 Å². The van der Waals surface area contributed by atoms with Gasteiger partial charge in [0.25, 0.3) is 5.91 Å². The van der Waals surface area contributed by atoms with Gasteiger partial charge in [0, 0.05) is 5.56 Å². The fourth-order valence-electron chi connectivity index (χ4n) is 1.46. The number of aromatic hydroxyl groups is 1. The van der Waals surface area contributed by atoms with Crippen LogP contribution in [0.4, 0.5) is 5.69 Å². The van der Waals surface area contributed by atoms with Gasteiger partial charge in [-0.15, -0.1) is 0 Å². The molecule has 2 aromatic rings. The standard InChI is InChI=1S/C13H8BrCl2NO2/c14-8-5-4-7(6-11(8)18)13(19)17-12-9(15)2-1-3-10(12)16/h1-6,18H,(H,17,19). The Morgan fingerprint density at radius 2 is 1.79 bits per heavy atom. The summed E-state index contributed by atoms with van der Waals surface area (Å²) < 4.78 is 0.514. The van der Waals surface area contributed by atoms with Crippen molar-refractivity contribution in [2.75, 3.05) is 5.32 Å². The Kier molecular flexibility index (Phi) is 4.34. The predicted molar refractivity (Wildman–Crippen MR) is 80.2 cm³/mol. The number of carbonyl (C=O) groups excluding carboxylic acids is 1. The van der Waals surface area contributed by atoms with Crippen molar-refractivity contribution in [1.82, 2.24) is 0 Å². The second-order valence-electron chi connectivity index (χ2n) is 3.72. The molecule has 98 valence electrons. The van der Waals surface area contributed by atoms with Gasteiger partial charge in [0.2, 0.25) is 0 Å². The molecule has 6 heteroatoms. The van der Waals surface area contributed by atoms with Gasteiger partial charge >= 0.3 is 0 Å². The molecule has 0 spiro atoms. The molecule has 0 unspecified atom stereocenters. The molecule has 0 aliphatic carbocycles. The largest absolute Gasteiger partial charge is 0.507 e. The smallest absolute Gasteiger partial charge is 0.255 e. The number of rotatable bonds is 2. The molecule has 0 saturated heterocycles. The van der Waals surface area contributed by atoms with Crippen LogP contribution in [0.3, 0.4) is 0 Å². The van der Waals surface area contributed by atoms with Crippen LogP contribution < -0.4 is 5.32 Å². The molecular weight excluding hydrogens is 353 g/mol. The van der Waals surface area contributed by atoms with E-state index in [0.717, 1.165) is 0 Å². The molecule has 0 aliphatic heterocycles. The number of phenolic OH excluding ortho intramolecular Hbond substituents is 1. The molecule has 2 aromatic carbocycles. The van der Waals surface area contributed by atoms with Crippen molar-refractivity contribution >= 4 is 50.7 Å². The summed E-state index contributed by atoms with van der Waals surface area (Å²) in [4.78, 5) is 12.0. The first kappa shape index (κ1) is 14.2. The third kappa shape index (κ3) is 3.21. The van der Waals surface area contributed by atoms with E-state index in [9.17, 15) is 9.90 Å². The van der Waals surface area contributed by atoms with Crippen molar-refractivity contribution in [1.29, 1.82) is 0 Å². The van der Waals surface area contributed by atoms with Crippen molar-refractivity contribution < 1.29 is 9.90 Å². The van der Waals surface area contributed by atoms with Crippen molar-refractivity contribution in [3.63, 3.8) is 0 Å². The minimum Gasteiger partial charge on any atom is -0.507 e.